The summed E-state index contributed by atoms with van der Waals surface area (Å²) in [5, 5.41) is 2.96. The number of thiazole rings is 1. The third-order valence-corrected chi connectivity index (χ3v) is 7.22. The molecule has 1 amide bonds. The Hall–Kier alpha value is -4.43. The van der Waals surface area contributed by atoms with Crippen molar-refractivity contribution in [2.45, 2.75) is 19.9 Å². The Bertz CT molecular complexity index is 1690. The molecule has 0 bridgehead atoms. The average molecular weight is 526 g/mol. The highest BCUT2D eigenvalue weighted by molar-refractivity contribution is 7.07. The molecule has 2 heterocycles. The van der Waals surface area contributed by atoms with Gasteiger partial charge in [0.05, 0.1) is 35.6 Å². The van der Waals surface area contributed by atoms with Crippen LogP contribution < -0.4 is 29.7 Å². The molecule has 5 rings (SSSR count). The number of carbonyl (C=O) groups excluding carboxylic acids is 1. The summed E-state index contributed by atoms with van der Waals surface area (Å²) in [6.45, 7) is 4.24. The van der Waals surface area contributed by atoms with Crippen LogP contribution in [0, 0.1) is 0 Å². The van der Waals surface area contributed by atoms with E-state index in [-0.39, 0.29) is 11.5 Å². The van der Waals surface area contributed by atoms with Gasteiger partial charge >= 0.3 is 0 Å². The number of fused-ring (bicyclic) bond motifs is 1. The molecule has 0 aliphatic carbocycles. The lowest BCUT2D eigenvalue weighted by Crippen LogP contribution is -2.40. The van der Waals surface area contributed by atoms with E-state index in [1.54, 1.807) is 18.6 Å². The van der Waals surface area contributed by atoms with Gasteiger partial charge in [-0.3, -0.25) is 14.2 Å². The van der Waals surface area contributed by atoms with Crippen LogP contribution in [0.4, 0.5) is 5.69 Å². The van der Waals surface area contributed by atoms with Gasteiger partial charge in [0, 0.05) is 11.3 Å². The minimum atomic E-state index is -0.662. The number of methoxy groups -OCH3 is 1. The Morgan fingerprint density at radius 1 is 1.05 bits per heavy atom. The molecule has 1 aliphatic rings. The Kier molecular flexibility index (Phi) is 7.24. The molecule has 0 unspecified atom stereocenters. The van der Waals surface area contributed by atoms with Crippen molar-refractivity contribution < 1.29 is 14.3 Å². The third kappa shape index (κ3) is 4.90. The van der Waals surface area contributed by atoms with Crippen molar-refractivity contribution in [3.63, 3.8) is 0 Å². The van der Waals surface area contributed by atoms with Crippen LogP contribution in [-0.4, -0.2) is 24.2 Å². The number of nitrogens with one attached hydrogen (secondary N) is 1. The maximum absolute atomic E-state index is 13.9. The lowest BCUT2D eigenvalue weighted by molar-refractivity contribution is -0.113. The number of carbonyl (C=O) groups is 1. The lowest BCUT2D eigenvalue weighted by atomic mass is 9.95. The van der Waals surface area contributed by atoms with Crippen LogP contribution >= 0.6 is 11.3 Å². The third-order valence-electron chi connectivity index (χ3n) is 6.23. The number of anilines is 1. The second-order valence-corrected chi connectivity index (χ2v) is 9.66. The number of hydrogen-bond acceptors (Lipinski definition) is 6. The van der Waals surface area contributed by atoms with Gasteiger partial charge < -0.3 is 14.8 Å². The van der Waals surface area contributed by atoms with E-state index in [9.17, 15) is 9.59 Å². The van der Waals surface area contributed by atoms with E-state index >= 15 is 0 Å². The van der Waals surface area contributed by atoms with Crippen LogP contribution in [0.2, 0.25) is 0 Å². The fourth-order valence-corrected chi connectivity index (χ4v) is 5.50. The van der Waals surface area contributed by atoms with Crippen molar-refractivity contribution in [1.29, 1.82) is 0 Å². The van der Waals surface area contributed by atoms with Crippen LogP contribution in [0.25, 0.3) is 6.08 Å². The van der Waals surface area contributed by atoms with E-state index in [0.717, 1.165) is 11.1 Å². The Labute approximate surface area is 224 Å². The van der Waals surface area contributed by atoms with E-state index in [4.69, 9.17) is 14.5 Å². The van der Waals surface area contributed by atoms with Gasteiger partial charge in [0.2, 0.25) is 0 Å². The molecule has 0 saturated carbocycles. The van der Waals surface area contributed by atoms with Crippen molar-refractivity contribution in [3.05, 3.63) is 121 Å². The van der Waals surface area contributed by atoms with E-state index in [0.29, 0.717) is 44.4 Å². The normalized spacial score (nSPS) is 15.0. The molecular weight excluding hydrogens is 498 g/mol. The quantitative estimate of drug-likeness (QED) is 0.391. The van der Waals surface area contributed by atoms with Crippen LogP contribution in [0.1, 0.15) is 31.0 Å². The smallest absolute Gasteiger partial charge is 0.271 e. The van der Waals surface area contributed by atoms with E-state index in [2.05, 4.69) is 5.32 Å². The van der Waals surface area contributed by atoms with Gasteiger partial charge in [-0.2, -0.15) is 0 Å². The second-order valence-electron chi connectivity index (χ2n) is 8.65. The number of amides is 1. The summed E-state index contributed by atoms with van der Waals surface area (Å²) in [5.74, 6) is 1.07. The average Bonchev–Trinajstić information content (AvgIpc) is 3.23. The summed E-state index contributed by atoms with van der Waals surface area (Å²) in [7, 11) is 1.60. The highest BCUT2D eigenvalue weighted by atomic mass is 32.1. The summed E-state index contributed by atoms with van der Waals surface area (Å²) in [5.41, 5.74) is 2.99. The molecule has 0 spiro atoms. The predicted molar refractivity (Wildman–Crippen MR) is 149 cm³/mol. The van der Waals surface area contributed by atoms with Gasteiger partial charge in [-0.1, -0.05) is 59.9 Å². The highest BCUT2D eigenvalue weighted by Crippen LogP contribution is 2.31. The number of nitrogens with zero attached hydrogens (tertiary/aromatic N) is 2. The molecule has 0 fully saturated rings. The van der Waals surface area contributed by atoms with E-state index < -0.39 is 6.04 Å². The maximum Gasteiger partial charge on any atom is 0.271 e. The Balaban J connectivity index is 1.67. The van der Waals surface area contributed by atoms with Crippen molar-refractivity contribution in [1.82, 2.24) is 4.57 Å². The van der Waals surface area contributed by atoms with Crippen molar-refractivity contribution in [2.24, 2.45) is 4.99 Å². The minimum Gasteiger partial charge on any atom is -0.497 e. The zero-order chi connectivity index (χ0) is 26.6. The van der Waals surface area contributed by atoms with Gasteiger partial charge in [0.15, 0.2) is 4.80 Å². The number of benzene rings is 3. The highest BCUT2D eigenvalue weighted by Gasteiger charge is 2.32. The molecule has 4 aromatic rings. The summed E-state index contributed by atoms with van der Waals surface area (Å²) >= 11 is 1.29. The first kappa shape index (κ1) is 25.2. The van der Waals surface area contributed by atoms with Crippen molar-refractivity contribution in [2.75, 3.05) is 19.0 Å². The first-order chi connectivity index (χ1) is 18.5. The summed E-state index contributed by atoms with van der Waals surface area (Å²) in [4.78, 5) is 32.8. The van der Waals surface area contributed by atoms with Crippen LogP contribution in [0.5, 0.6) is 11.5 Å². The number of allylic oxidation sites excluding steroid dienone is 1. The SMILES string of the molecule is CCOc1ccccc1/C=c1/sc2n(c1=O)[C@@H](c1ccc(OC)cc1)C(C(=O)Nc1ccccc1)=C(C)N=2. The van der Waals surface area contributed by atoms with Gasteiger partial charge in [0.25, 0.3) is 11.5 Å². The van der Waals surface area contributed by atoms with Gasteiger partial charge in [-0.05, 0) is 55.8 Å². The maximum atomic E-state index is 13.9. The number of ether oxygens (including phenoxy) is 2. The molecule has 38 heavy (non-hydrogen) atoms. The molecule has 192 valence electrons. The Morgan fingerprint density at radius 3 is 2.47 bits per heavy atom. The Morgan fingerprint density at radius 2 is 1.76 bits per heavy atom. The van der Waals surface area contributed by atoms with E-state index in [1.165, 1.54) is 11.3 Å². The largest absolute Gasteiger partial charge is 0.497 e. The molecule has 8 heteroatoms. The van der Waals surface area contributed by atoms with Crippen LogP contribution in [-0.2, 0) is 4.79 Å². The number of para-hydroxylation sites is 2. The molecular formula is C30H27N3O4S. The monoisotopic (exact) mass is 525 g/mol. The predicted octanol–water partition coefficient (Wildman–Crippen LogP) is 4.28. The minimum absolute atomic E-state index is 0.224. The zero-order valence-corrected chi connectivity index (χ0v) is 22.1. The zero-order valence-electron chi connectivity index (χ0n) is 21.3. The number of aromatic nitrogens is 1. The number of rotatable bonds is 7. The molecule has 1 aromatic heterocycles. The van der Waals surface area contributed by atoms with Crippen molar-refractivity contribution in [3.8, 4) is 11.5 Å². The summed E-state index contributed by atoms with van der Waals surface area (Å²) < 4.78 is 13.2. The molecule has 7 nitrogen and oxygen atoms in total. The van der Waals surface area contributed by atoms with Crippen LogP contribution in [0.15, 0.2) is 99.9 Å². The lowest BCUT2D eigenvalue weighted by Gasteiger charge is -2.25. The molecule has 0 radical (unpaired) electrons. The second kappa shape index (κ2) is 10.9. The standard InChI is InChI=1S/C30H27N3O4S/c1-4-37-24-13-9-8-10-21(24)18-25-29(35)33-27(20-14-16-23(36-3)17-15-20)26(19(2)31-30(33)38-25)28(34)32-22-11-6-5-7-12-22/h5-18,27H,4H2,1-3H3,(H,32,34)/b25-18+/t27-/m0/s1. The molecule has 1 N–H and O–H groups in total. The first-order valence-corrected chi connectivity index (χ1v) is 13.1. The van der Waals surface area contributed by atoms with Gasteiger partial charge in [-0.15, -0.1) is 0 Å². The van der Waals surface area contributed by atoms with Gasteiger partial charge in [0.1, 0.15) is 11.5 Å². The van der Waals surface area contributed by atoms with Gasteiger partial charge in [-0.25, -0.2) is 4.99 Å². The molecule has 3 aromatic carbocycles. The molecule has 0 saturated heterocycles. The fraction of sp³-hybridized carbons (Fsp3) is 0.167. The first-order valence-electron chi connectivity index (χ1n) is 12.2. The topological polar surface area (TPSA) is 81.9 Å². The van der Waals surface area contributed by atoms with E-state index in [1.807, 2.05) is 91.9 Å². The fourth-order valence-electron chi connectivity index (χ4n) is 4.46. The van der Waals surface area contributed by atoms with Crippen molar-refractivity contribution >= 4 is 29.0 Å². The van der Waals surface area contributed by atoms with Crippen LogP contribution in [0.3, 0.4) is 0 Å². The number of hydrogen-bond donors (Lipinski definition) is 1. The summed E-state index contributed by atoms with van der Waals surface area (Å²) in [6.07, 6.45) is 1.82. The molecule has 1 aliphatic heterocycles. The molecule has 1 atom stereocenters. The summed E-state index contributed by atoms with van der Waals surface area (Å²) in [6, 6.07) is 23.6.